The smallest absolute Gasteiger partial charge is 0.296 e. The highest BCUT2D eigenvalue weighted by Gasteiger charge is 2.20. The maximum Gasteiger partial charge on any atom is 0.296 e. The number of hydrogen-bond donors (Lipinski definition) is 1. The van der Waals surface area contributed by atoms with Crippen LogP contribution in [-0.4, -0.2) is 16.6 Å². The third kappa shape index (κ3) is 3.72. The number of hydrogen-bond acceptors (Lipinski definition) is 4. The van der Waals surface area contributed by atoms with Gasteiger partial charge in [0.1, 0.15) is 11.4 Å². The van der Waals surface area contributed by atoms with Gasteiger partial charge in [-0.1, -0.05) is 37.3 Å². The maximum absolute atomic E-state index is 11.2. The molecule has 110 valence electrons. The van der Waals surface area contributed by atoms with E-state index in [9.17, 15) is 15.2 Å². The van der Waals surface area contributed by atoms with Gasteiger partial charge in [0.15, 0.2) is 0 Å². The normalized spacial score (nSPS) is 10.3. The highest BCUT2D eigenvalue weighted by Crippen LogP contribution is 2.32. The zero-order valence-corrected chi connectivity index (χ0v) is 11.9. The summed E-state index contributed by atoms with van der Waals surface area (Å²) in [5, 5.41) is 20.7. The zero-order chi connectivity index (χ0) is 15.2. The number of phenolic OH excluding ortho intramolecular Hbond substituents is 1. The molecule has 0 atom stereocenters. The van der Waals surface area contributed by atoms with Gasteiger partial charge in [-0.2, -0.15) is 0 Å². The van der Waals surface area contributed by atoms with E-state index in [0.29, 0.717) is 18.8 Å². The Kier molecular flexibility index (Phi) is 4.77. The number of nitro benzene ring substituents is 1. The second-order valence-corrected chi connectivity index (χ2v) is 4.84. The quantitative estimate of drug-likeness (QED) is 0.649. The molecule has 5 nitrogen and oxygen atoms in total. The van der Waals surface area contributed by atoms with Gasteiger partial charge < -0.3 is 10.0 Å². The number of nitro groups is 1. The Morgan fingerprint density at radius 3 is 2.52 bits per heavy atom. The molecule has 0 saturated heterocycles. The second kappa shape index (κ2) is 6.74. The minimum atomic E-state index is -0.456. The minimum absolute atomic E-state index is 0.0700. The lowest BCUT2D eigenvalue weighted by atomic mass is 10.1. The molecule has 0 heterocycles. The Hall–Kier alpha value is -2.56. The van der Waals surface area contributed by atoms with E-state index in [2.05, 4.69) is 0 Å². The van der Waals surface area contributed by atoms with Crippen LogP contribution in [-0.2, 0) is 6.54 Å². The number of benzene rings is 2. The third-order valence-electron chi connectivity index (χ3n) is 3.21. The third-order valence-corrected chi connectivity index (χ3v) is 3.21. The van der Waals surface area contributed by atoms with Crippen LogP contribution < -0.4 is 4.90 Å². The van der Waals surface area contributed by atoms with Crippen molar-refractivity contribution in [2.75, 3.05) is 11.4 Å². The molecule has 0 aliphatic rings. The summed E-state index contributed by atoms with van der Waals surface area (Å²) in [6, 6.07) is 14.1. The lowest BCUT2D eigenvalue weighted by molar-refractivity contribution is -0.384. The standard InChI is InChI=1S/C16H18N2O3/c1-2-10-17(12-13-6-4-3-5-7-13)15-9-8-14(19)11-16(15)18(20)21/h3-9,11,19H,2,10,12H2,1H3. The molecule has 2 aromatic carbocycles. The molecule has 0 spiro atoms. The monoisotopic (exact) mass is 286 g/mol. The van der Waals surface area contributed by atoms with Crippen molar-refractivity contribution in [3.05, 3.63) is 64.2 Å². The van der Waals surface area contributed by atoms with E-state index in [-0.39, 0.29) is 11.4 Å². The Labute approximate surface area is 123 Å². The number of phenols is 1. The van der Waals surface area contributed by atoms with E-state index in [1.807, 2.05) is 42.2 Å². The van der Waals surface area contributed by atoms with E-state index in [4.69, 9.17) is 0 Å². The Morgan fingerprint density at radius 2 is 1.90 bits per heavy atom. The fourth-order valence-electron chi connectivity index (χ4n) is 2.28. The zero-order valence-electron chi connectivity index (χ0n) is 11.9. The van der Waals surface area contributed by atoms with Crippen molar-refractivity contribution in [1.29, 1.82) is 0 Å². The van der Waals surface area contributed by atoms with Gasteiger partial charge in [0.05, 0.1) is 11.0 Å². The molecule has 5 heteroatoms. The Morgan fingerprint density at radius 1 is 1.19 bits per heavy atom. The van der Waals surface area contributed by atoms with Crippen LogP contribution in [0.5, 0.6) is 5.75 Å². The first-order valence-electron chi connectivity index (χ1n) is 6.88. The summed E-state index contributed by atoms with van der Waals surface area (Å²) >= 11 is 0. The van der Waals surface area contributed by atoms with Crippen LogP contribution in [0.15, 0.2) is 48.5 Å². The molecule has 0 fully saturated rings. The molecule has 0 saturated carbocycles. The van der Waals surface area contributed by atoms with Crippen LogP contribution >= 0.6 is 0 Å². The predicted octanol–water partition coefficient (Wildman–Crippen LogP) is 3.72. The average Bonchev–Trinajstić information content (AvgIpc) is 2.48. The van der Waals surface area contributed by atoms with Gasteiger partial charge in [0.2, 0.25) is 0 Å². The summed E-state index contributed by atoms with van der Waals surface area (Å²) in [6.07, 6.45) is 0.880. The minimum Gasteiger partial charge on any atom is -0.508 e. The molecule has 0 aliphatic heterocycles. The summed E-state index contributed by atoms with van der Waals surface area (Å²) in [6.45, 7) is 3.34. The van der Waals surface area contributed by atoms with Gasteiger partial charge in [-0.15, -0.1) is 0 Å². The van der Waals surface area contributed by atoms with E-state index in [0.717, 1.165) is 12.0 Å². The molecule has 21 heavy (non-hydrogen) atoms. The van der Waals surface area contributed by atoms with Crippen LogP contribution in [0.2, 0.25) is 0 Å². The van der Waals surface area contributed by atoms with Gasteiger partial charge >= 0.3 is 0 Å². The second-order valence-electron chi connectivity index (χ2n) is 4.84. The highest BCUT2D eigenvalue weighted by atomic mass is 16.6. The van der Waals surface area contributed by atoms with E-state index in [1.165, 1.54) is 12.1 Å². The van der Waals surface area contributed by atoms with Crippen LogP contribution in [0.1, 0.15) is 18.9 Å². The number of aromatic hydroxyl groups is 1. The van der Waals surface area contributed by atoms with Gasteiger partial charge in [-0.3, -0.25) is 10.1 Å². The molecule has 0 radical (unpaired) electrons. The lowest BCUT2D eigenvalue weighted by Crippen LogP contribution is -2.24. The first kappa shape index (κ1) is 14.8. The van der Waals surface area contributed by atoms with Crippen LogP contribution in [0.4, 0.5) is 11.4 Å². The number of nitrogens with zero attached hydrogens (tertiary/aromatic N) is 2. The molecule has 1 N–H and O–H groups in total. The summed E-state index contributed by atoms with van der Waals surface area (Å²) in [7, 11) is 0. The van der Waals surface area contributed by atoms with Crippen molar-refractivity contribution in [2.24, 2.45) is 0 Å². The fraction of sp³-hybridized carbons (Fsp3) is 0.250. The largest absolute Gasteiger partial charge is 0.508 e. The van der Waals surface area contributed by atoms with Gasteiger partial charge in [0, 0.05) is 13.1 Å². The molecule has 2 rings (SSSR count). The maximum atomic E-state index is 11.2. The van der Waals surface area contributed by atoms with Gasteiger partial charge in [-0.05, 0) is 24.1 Å². The summed E-state index contributed by atoms with van der Waals surface area (Å²) < 4.78 is 0. The number of anilines is 1. The molecule has 0 aliphatic carbocycles. The predicted molar refractivity (Wildman–Crippen MR) is 82.5 cm³/mol. The molecule has 0 amide bonds. The van der Waals surface area contributed by atoms with Crippen molar-refractivity contribution < 1.29 is 10.0 Å². The molecular formula is C16H18N2O3. The summed E-state index contributed by atoms with van der Waals surface area (Å²) in [5.74, 6) is -0.0957. The Bertz CT molecular complexity index is 614. The highest BCUT2D eigenvalue weighted by molar-refractivity contribution is 5.65. The molecule has 0 aromatic heterocycles. The molecular weight excluding hydrogens is 268 g/mol. The van der Waals surface area contributed by atoms with Crippen molar-refractivity contribution >= 4 is 11.4 Å². The van der Waals surface area contributed by atoms with Crippen molar-refractivity contribution in [3.63, 3.8) is 0 Å². The number of rotatable bonds is 6. The first-order valence-corrected chi connectivity index (χ1v) is 6.88. The lowest BCUT2D eigenvalue weighted by Gasteiger charge is -2.24. The SMILES string of the molecule is CCCN(Cc1ccccc1)c1ccc(O)cc1[N+](=O)[O-]. The van der Waals surface area contributed by atoms with Crippen molar-refractivity contribution in [1.82, 2.24) is 0 Å². The van der Waals surface area contributed by atoms with Crippen LogP contribution in [0.25, 0.3) is 0 Å². The topological polar surface area (TPSA) is 66.6 Å². The van der Waals surface area contributed by atoms with E-state index >= 15 is 0 Å². The van der Waals surface area contributed by atoms with Gasteiger partial charge in [-0.25, -0.2) is 0 Å². The molecule has 0 bridgehead atoms. The molecule has 2 aromatic rings. The van der Waals surface area contributed by atoms with E-state index in [1.54, 1.807) is 6.07 Å². The van der Waals surface area contributed by atoms with Crippen molar-refractivity contribution in [2.45, 2.75) is 19.9 Å². The fourth-order valence-corrected chi connectivity index (χ4v) is 2.28. The Balaban J connectivity index is 2.36. The average molecular weight is 286 g/mol. The van der Waals surface area contributed by atoms with Crippen LogP contribution in [0.3, 0.4) is 0 Å². The summed E-state index contributed by atoms with van der Waals surface area (Å²) in [4.78, 5) is 12.7. The van der Waals surface area contributed by atoms with Crippen molar-refractivity contribution in [3.8, 4) is 5.75 Å². The first-order chi connectivity index (χ1) is 10.1. The van der Waals surface area contributed by atoms with Gasteiger partial charge in [0.25, 0.3) is 5.69 Å². The van der Waals surface area contributed by atoms with Crippen LogP contribution in [0, 0.1) is 10.1 Å². The van der Waals surface area contributed by atoms with E-state index < -0.39 is 4.92 Å². The summed E-state index contributed by atoms with van der Waals surface area (Å²) in [5.41, 5.74) is 1.55. The molecule has 0 unspecified atom stereocenters.